The van der Waals surface area contributed by atoms with Gasteiger partial charge in [-0.15, -0.1) is 0 Å². The number of nitrogens with one attached hydrogen (secondary N) is 1. The Labute approximate surface area is 223 Å². The third kappa shape index (κ3) is 5.55. The van der Waals surface area contributed by atoms with E-state index >= 15 is 0 Å². The van der Waals surface area contributed by atoms with Crippen LogP contribution in [0.25, 0.3) is 5.65 Å². The van der Waals surface area contributed by atoms with Gasteiger partial charge in [0.05, 0.1) is 0 Å². The van der Waals surface area contributed by atoms with Crippen molar-refractivity contribution in [3.63, 3.8) is 0 Å². The van der Waals surface area contributed by atoms with Gasteiger partial charge in [-0.05, 0) is 72.9 Å². The number of rotatable bonds is 8. The Morgan fingerprint density at radius 2 is 1.71 bits per heavy atom. The van der Waals surface area contributed by atoms with Crippen LogP contribution in [0.3, 0.4) is 0 Å². The van der Waals surface area contributed by atoms with E-state index in [4.69, 9.17) is 9.72 Å². The average molecular weight is 502 g/mol. The highest BCUT2D eigenvalue weighted by atomic mass is 16.5. The predicted molar refractivity (Wildman–Crippen MR) is 153 cm³/mol. The van der Waals surface area contributed by atoms with Gasteiger partial charge in [0.25, 0.3) is 0 Å². The Morgan fingerprint density at radius 1 is 0.895 bits per heavy atom. The summed E-state index contributed by atoms with van der Waals surface area (Å²) >= 11 is 0. The number of hydrogen-bond donors (Lipinski definition) is 1. The predicted octanol–water partition coefficient (Wildman–Crippen LogP) is 4.17. The van der Waals surface area contributed by atoms with Gasteiger partial charge in [0.15, 0.2) is 5.65 Å². The number of likely N-dealkylation sites (tertiary alicyclic amines) is 1. The summed E-state index contributed by atoms with van der Waals surface area (Å²) in [5.41, 5.74) is 5.57. The van der Waals surface area contributed by atoms with Crippen molar-refractivity contribution in [1.82, 2.24) is 24.5 Å². The van der Waals surface area contributed by atoms with Gasteiger partial charge in [-0.1, -0.05) is 36.4 Å². The number of nitrogens with zero attached hydrogens (tertiary/aromatic N) is 5. The lowest BCUT2D eigenvalue weighted by Crippen LogP contribution is -2.32. The minimum Gasteiger partial charge on any atom is -0.457 e. The standard InChI is InChI=1S/C30H31BN6O/c31-27-20-34-37-29(33-19-23-7-5-13-32-18-23)17-28(35-30(27)37)24-11-14-36(15-12-24)21-22-6-4-10-26(16-22)38-25-8-2-1-3-9-25/h1-10,13,16-18,20,24,33H,11-12,14-15,19,21,31H2. The minimum absolute atomic E-state index is 0.428. The molecule has 0 bridgehead atoms. The molecular formula is C30H31BN6O. The largest absolute Gasteiger partial charge is 0.457 e. The normalized spacial score (nSPS) is 14.5. The van der Waals surface area contributed by atoms with Crippen molar-refractivity contribution >= 4 is 24.8 Å². The lowest BCUT2D eigenvalue weighted by Gasteiger charge is -2.32. The first-order valence-electron chi connectivity index (χ1n) is 13.2. The highest BCUT2D eigenvalue weighted by molar-refractivity contribution is 6.36. The minimum atomic E-state index is 0.428. The van der Waals surface area contributed by atoms with Gasteiger partial charge in [-0.2, -0.15) is 9.61 Å². The van der Waals surface area contributed by atoms with Gasteiger partial charge in [-0.25, -0.2) is 4.98 Å². The van der Waals surface area contributed by atoms with E-state index in [1.54, 1.807) is 6.20 Å². The number of aromatic nitrogens is 4. The van der Waals surface area contributed by atoms with Crippen LogP contribution < -0.4 is 15.5 Å². The molecule has 0 unspecified atom stereocenters. The Balaban J connectivity index is 1.12. The van der Waals surface area contributed by atoms with Crippen molar-refractivity contribution in [3.8, 4) is 11.5 Å². The van der Waals surface area contributed by atoms with Gasteiger partial charge in [-0.3, -0.25) is 9.88 Å². The summed E-state index contributed by atoms with van der Waals surface area (Å²) in [7, 11) is 2.07. The van der Waals surface area contributed by atoms with Crippen molar-refractivity contribution in [1.29, 1.82) is 0 Å². The number of hydrogen-bond acceptors (Lipinski definition) is 6. The number of ether oxygens (including phenoxy) is 1. The molecule has 0 spiro atoms. The van der Waals surface area contributed by atoms with Gasteiger partial charge in [0, 0.05) is 49.4 Å². The SMILES string of the molecule is Bc1cnn2c(NCc3cccnc3)cc(C3CCN(Cc4cccc(Oc5ccccc5)c4)CC3)nc12. The zero-order valence-corrected chi connectivity index (χ0v) is 21.6. The molecule has 38 heavy (non-hydrogen) atoms. The molecule has 1 N–H and O–H groups in total. The highest BCUT2D eigenvalue weighted by Crippen LogP contribution is 2.30. The fraction of sp³-hybridized carbons (Fsp3) is 0.233. The first-order valence-corrected chi connectivity index (χ1v) is 13.2. The summed E-state index contributed by atoms with van der Waals surface area (Å²) in [6.45, 7) is 3.69. The highest BCUT2D eigenvalue weighted by Gasteiger charge is 2.23. The summed E-state index contributed by atoms with van der Waals surface area (Å²) in [6.07, 6.45) is 7.74. The van der Waals surface area contributed by atoms with E-state index in [1.807, 2.05) is 59.4 Å². The smallest absolute Gasteiger partial charge is 0.151 e. The molecule has 1 aliphatic rings. The Bertz CT molecular complexity index is 1500. The Hall–Kier alpha value is -4.17. The molecule has 0 amide bonds. The van der Waals surface area contributed by atoms with Gasteiger partial charge < -0.3 is 10.1 Å². The topological polar surface area (TPSA) is 67.6 Å². The molecule has 1 saturated heterocycles. The molecule has 1 aliphatic heterocycles. The monoisotopic (exact) mass is 502 g/mol. The Kier molecular flexibility index (Phi) is 7.04. The molecule has 1 fully saturated rings. The molecule has 8 heteroatoms. The van der Waals surface area contributed by atoms with Crippen LogP contribution in [-0.4, -0.2) is 45.4 Å². The van der Waals surface area contributed by atoms with E-state index in [1.165, 1.54) is 5.56 Å². The molecule has 0 radical (unpaired) electrons. The first kappa shape index (κ1) is 24.2. The maximum atomic E-state index is 6.04. The number of benzene rings is 2. The number of piperidine rings is 1. The van der Waals surface area contributed by atoms with Crippen molar-refractivity contribution in [3.05, 3.63) is 108 Å². The van der Waals surface area contributed by atoms with Crippen LogP contribution in [0.4, 0.5) is 5.82 Å². The van der Waals surface area contributed by atoms with E-state index < -0.39 is 0 Å². The molecule has 2 aromatic carbocycles. The number of anilines is 1. The van der Waals surface area contributed by atoms with Crippen LogP contribution in [0.15, 0.2) is 91.4 Å². The van der Waals surface area contributed by atoms with Crippen LogP contribution in [0.1, 0.15) is 35.6 Å². The van der Waals surface area contributed by atoms with Crippen LogP contribution >= 0.6 is 0 Å². The zero-order valence-electron chi connectivity index (χ0n) is 21.6. The molecule has 3 aromatic heterocycles. The third-order valence-corrected chi connectivity index (χ3v) is 7.15. The molecule has 4 heterocycles. The summed E-state index contributed by atoms with van der Waals surface area (Å²) in [5.74, 6) is 3.14. The summed E-state index contributed by atoms with van der Waals surface area (Å²) < 4.78 is 7.95. The lowest BCUT2D eigenvalue weighted by molar-refractivity contribution is 0.203. The number of fused-ring (bicyclic) bond motifs is 1. The van der Waals surface area contributed by atoms with Crippen molar-refractivity contribution in [2.75, 3.05) is 18.4 Å². The van der Waals surface area contributed by atoms with Crippen molar-refractivity contribution in [2.45, 2.75) is 31.8 Å². The molecule has 7 nitrogen and oxygen atoms in total. The molecular weight excluding hydrogens is 471 g/mol. The van der Waals surface area contributed by atoms with Gasteiger partial charge >= 0.3 is 0 Å². The number of pyridine rings is 1. The second-order valence-electron chi connectivity index (χ2n) is 9.96. The molecule has 0 aliphatic carbocycles. The van der Waals surface area contributed by atoms with Crippen LogP contribution in [0, 0.1) is 0 Å². The summed E-state index contributed by atoms with van der Waals surface area (Å²) in [5, 5.41) is 8.13. The van der Waals surface area contributed by atoms with Gasteiger partial charge in [0.2, 0.25) is 0 Å². The van der Waals surface area contributed by atoms with Gasteiger partial charge in [0.1, 0.15) is 25.2 Å². The van der Waals surface area contributed by atoms with E-state index in [2.05, 4.69) is 58.5 Å². The molecule has 0 atom stereocenters. The second kappa shape index (κ2) is 11.1. The van der Waals surface area contributed by atoms with E-state index in [0.717, 1.165) is 72.2 Å². The first-order chi connectivity index (χ1) is 18.7. The third-order valence-electron chi connectivity index (χ3n) is 7.15. The molecule has 6 rings (SSSR count). The zero-order chi connectivity index (χ0) is 25.7. The average Bonchev–Trinajstić information content (AvgIpc) is 3.34. The summed E-state index contributed by atoms with van der Waals surface area (Å²) in [4.78, 5) is 11.8. The van der Waals surface area contributed by atoms with Crippen LogP contribution in [-0.2, 0) is 13.1 Å². The second-order valence-corrected chi connectivity index (χ2v) is 9.96. The Morgan fingerprint density at radius 3 is 2.53 bits per heavy atom. The maximum Gasteiger partial charge on any atom is 0.151 e. The van der Waals surface area contributed by atoms with E-state index in [0.29, 0.717) is 12.5 Å². The maximum absolute atomic E-state index is 6.04. The molecule has 0 saturated carbocycles. The lowest BCUT2D eigenvalue weighted by atomic mass is 9.92. The quantitative estimate of drug-likeness (QED) is 0.322. The van der Waals surface area contributed by atoms with E-state index in [-0.39, 0.29) is 0 Å². The van der Waals surface area contributed by atoms with Crippen LogP contribution in [0.5, 0.6) is 11.5 Å². The van der Waals surface area contributed by atoms with Crippen LogP contribution in [0.2, 0.25) is 0 Å². The fourth-order valence-corrected chi connectivity index (χ4v) is 5.10. The fourth-order valence-electron chi connectivity index (χ4n) is 5.10. The van der Waals surface area contributed by atoms with Crippen molar-refractivity contribution in [2.24, 2.45) is 0 Å². The van der Waals surface area contributed by atoms with Crippen molar-refractivity contribution < 1.29 is 4.74 Å². The summed E-state index contributed by atoms with van der Waals surface area (Å²) in [6, 6.07) is 24.6. The molecule has 5 aromatic rings. The van der Waals surface area contributed by atoms with E-state index in [9.17, 15) is 0 Å². The molecule has 190 valence electrons. The number of para-hydroxylation sites is 1.